The number of carbonyl (C=O) groups is 1. The van der Waals surface area contributed by atoms with Crippen LogP contribution in [0, 0.1) is 0 Å². The first-order valence-corrected chi connectivity index (χ1v) is 8.73. The first kappa shape index (κ1) is 16.2. The lowest BCUT2D eigenvalue weighted by atomic mass is 10.1. The molecular formula is C17H21BrN4O. The van der Waals surface area contributed by atoms with Crippen LogP contribution in [0.5, 0.6) is 0 Å². The summed E-state index contributed by atoms with van der Waals surface area (Å²) in [6, 6.07) is 7.85. The fourth-order valence-electron chi connectivity index (χ4n) is 2.81. The van der Waals surface area contributed by atoms with Crippen LogP contribution >= 0.6 is 15.9 Å². The Morgan fingerprint density at radius 3 is 2.43 bits per heavy atom. The summed E-state index contributed by atoms with van der Waals surface area (Å²) in [5.41, 5.74) is 1.90. The van der Waals surface area contributed by atoms with Crippen molar-refractivity contribution >= 4 is 21.8 Å². The Labute approximate surface area is 145 Å². The molecule has 122 valence electrons. The van der Waals surface area contributed by atoms with Gasteiger partial charge in [-0.1, -0.05) is 19.1 Å². The third-order valence-corrected chi connectivity index (χ3v) is 4.66. The van der Waals surface area contributed by atoms with E-state index in [1.165, 1.54) is 0 Å². The summed E-state index contributed by atoms with van der Waals surface area (Å²) in [5, 5.41) is 4.25. The molecule has 0 unspecified atom stereocenters. The van der Waals surface area contributed by atoms with E-state index in [9.17, 15) is 4.79 Å². The van der Waals surface area contributed by atoms with Gasteiger partial charge in [0.2, 0.25) is 0 Å². The topological polar surface area (TPSA) is 41.4 Å². The van der Waals surface area contributed by atoms with E-state index in [0.29, 0.717) is 6.54 Å². The van der Waals surface area contributed by atoms with Gasteiger partial charge in [0.05, 0.1) is 17.2 Å². The van der Waals surface area contributed by atoms with Crippen LogP contribution in [0.2, 0.25) is 0 Å². The molecule has 1 aliphatic heterocycles. The molecule has 5 nitrogen and oxygen atoms in total. The zero-order valence-electron chi connectivity index (χ0n) is 13.3. The second kappa shape index (κ2) is 7.27. The molecule has 1 aliphatic rings. The maximum atomic E-state index is 12.6. The summed E-state index contributed by atoms with van der Waals surface area (Å²) in [4.78, 5) is 16.9. The minimum atomic E-state index is 0.133. The molecule has 23 heavy (non-hydrogen) atoms. The molecule has 0 bridgehead atoms. The molecule has 1 fully saturated rings. The van der Waals surface area contributed by atoms with Gasteiger partial charge in [-0.2, -0.15) is 5.10 Å². The summed E-state index contributed by atoms with van der Waals surface area (Å²) in [5.74, 6) is 0.133. The lowest BCUT2D eigenvalue weighted by Crippen LogP contribution is -2.48. The average molecular weight is 377 g/mol. The van der Waals surface area contributed by atoms with E-state index in [1.807, 2.05) is 40.0 Å². The highest BCUT2D eigenvalue weighted by atomic mass is 79.9. The van der Waals surface area contributed by atoms with E-state index in [0.717, 1.165) is 48.3 Å². The molecule has 0 N–H and O–H groups in total. The van der Waals surface area contributed by atoms with Gasteiger partial charge in [0.1, 0.15) is 0 Å². The average Bonchev–Trinajstić information content (AvgIpc) is 3.00. The van der Waals surface area contributed by atoms with Crippen LogP contribution in [-0.2, 0) is 6.54 Å². The quantitative estimate of drug-likeness (QED) is 0.822. The number of rotatable bonds is 4. The number of likely N-dealkylation sites (N-methyl/N-ethyl adjacent to an activating group) is 1. The Balaban J connectivity index is 1.61. The van der Waals surface area contributed by atoms with Crippen molar-refractivity contribution in [1.82, 2.24) is 19.6 Å². The van der Waals surface area contributed by atoms with E-state index in [2.05, 4.69) is 32.9 Å². The number of carbonyl (C=O) groups excluding carboxylic acids is 1. The van der Waals surface area contributed by atoms with Gasteiger partial charge < -0.3 is 9.80 Å². The van der Waals surface area contributed by atoms with Crippen LogP contribution in [0.3, 0.4) is 0 Å². The third-order valence-electron chi connectivity index (χ3n) is 4.25. The van der Waals surface area contributed by atoms with Crippen molar-refractivity contribution in [2.45, 2.75) is 13.5 Å². The molecule has 1 aromatic heterocycles. The van der Waals surface area contributed by atoms with Crippen LogP contribution < -0.4 is 0 Å². The number of hydrogen-bond acceptors (Lipinski definition) is 3. The molecule has 0 spiro atoms. The Bertz CT molecular complexity index is 659. The number of halogens is 1. The fraction of sp³-hybridized carbons (Fsp3) is 0.412. The summed E-state index contributed by atoms with van der Waals surface area (Å²) in [6.45, 7) is 7.48. The molecule has 0 aliphatic carbocycles. The van der Waals surface area contributed by atoms with Gasteiger partial charge in [-0.25, -0.2) is 0 Å². The van der Waals surface area contributed by atoms with Crippen molar-refractivity contribution in [2.24, 2.45) is 0 Å². The van der Waals surface area contributed by atoms with Crippen molar-refractivity contribution in [1.29, 1.82) is 0 Å². The molecule has 1 amide bonds. The van der Waals surface area contributed by atoms with Crippen LogP contribution in [0.25, 0.3) is 0 Å². The number of hydrogen-bond donors (Lipinski definition) is 0. The minimum absolute atomic E-state index is 0.133. The predicted octanol–water partition coefficient (Wildman–Crippen LogP) is 2.47. The molecule has 0 radical (unpaired) electrons. The molecule has 0 saturated carbocycles. The maximum absolute atomic E-state index is 12.6. The number of nitrogens with zero attached hydrogens (tertiary/aromatic N) is 4. The van der Waals surface area contributed by atoms with Gasteiger partial charge in [0.15, 0.2) is 0 Å². The molecule has 6 heteroatoms. The van der Waals surface area contributed by atoms with Crippen LogP contribution in [0.15, 0.2) is 41.1 Å². The van der Waals surface area contributed by atoms with Crippen molar-refractivity contribution in [3.05, 3.63) is 52.3 Å². The lowest BCUT2D eigenvalue weighted by molar-refractivity contribution is 0.0643. The molecular weight excluding hydrogens is 356 g/mol. The Hall–Kier alpha value is -1.66. The second-order valence-corrected chi connectivity index (χ2v) is 6.70. The summed E-state index contributed by atoms with van der Waals surface area (Å²) in [6.07, 6.45) is 3.71. The first-order valence-electron chi connectivity index (χ1n) is 7.94. The van der Waals surface area contributed by atoms with E-state index < -0.39 is 0 Å². The second-order valence-electron chi connectivity index (χ2n) is 5.78. The van der Waals surface area contributed by atoms with E-state index >= 15 is 0 Å². The number of piperazine rings is 1. The third kappa shape index (κ3) is 4.00. The predicted molar refractivity (Wildman–Crippen MR) is 93.5 cm³/mol. The highest BCUT2D eigenvalue weighted by Crippen LogP contribution is 2.12. The SMILES string of the molecule is CCN1CCN(C(=O)c2ccc(Cn3cc(Br)cn3)cc2)CC1. The summed E-state index contributed by atoms with van der Waals surface area (Å²) < 4.78 is 2.83. The van der Waals surface area contributed by atoms with Crippen molar-refractivity contribution in [2.75, 3.05) is 32.7 Å². The number of benzene rings is 1. The van der Waals surface area contributed by atoms with Gasteiger partial charge >= 0.3 is 0 Å². The summed E-state index contributed by atoms with van der Waals surface area (Å²) in [7, 11) is 0. The zero-order valence-corrected chi connectivity index (χ0v) is 14.9. The van der Waals surface area contributed by atoms with Gasteiger partial charge in [-0.15, -0.1) is 0 Å². The standard InChI is InChI=1S/C17H21BrN4O/c1-2-20-7-9-21(10-8-20)17(23)15-5-3-14(4-6-15)12-22-13-16(18)11-19-22/h3-6,11,13H,2,7-10,12H2,1H3. The highest BCUT2D eigenvalue weighted by molar-refractivity contribution is 9.10. The van der Waals surface area contributed by atoms with E-state index in [-0.39, 0.29) is 5.91 Å². The molecule has 1 saturated heterocycles. The van der Waals surface area contributed by atoms with Gasteiger partial charge in [0.25, 0.3) is 5.91 Å². The lowest BCUT2D eigenvalue weighted by Gasteiger charge is -2.34. The number of amides is 1. The molecule has 2 aromatic rings. The molecule has 0 atom stereocenters. The van der Waals surface area contributed by atoms with Gasteiger partial charge in [0, 0.05) is 37.9 Å². The van der Waals surface area contributed by atoms with Crippen LogP contribution in [0.4, 0.5) is 0 Å². The van der Waals surface area contributed by atoms with Gasteiger partial charge in [-0.05, 0) is 40.2 Å². The monoisotopic (exact) mass is 376 g/mol. The van der Waals surface area contributed by atoms with Crippen molar-refractivity contribution < 1.29 is 4.79 Å². The zero-order chi connectivity index (χ0) is 16.2. The Kier molecular flexibility index (Phi) is 5.13. The normalized spacial score (nSPS) is 15.8. The van der Waals surface area contributed by atoms with Crippen molar-refractivity contribution in [3.63, 3.8) is 0 Å². The van der Waals surface area contributed by atoms with E-state index in [1.54, 1.807) is 6.20 Å². The van der Waals surface area contributed by atoms with E-state index in [4.69, 9.17) is 0 Å². The maximum Gasteiger partial charge on any atom is 0.253 e. The van der Waals surface area contributed by atoms with Crippen LogP contribution in [0.1, 0.15) is 22.8 Å². The fourth-order valence-corrected chi connectivity index (χ4v) is 3.14. The Morgan fingerprint density at radius 2 is 1.87 bits per heavy atom. The van der Waals surface area contributed by atoms with Crippen LogP contribution in [-0.4, -0.2) is 58.2 Å². The first-order chi connectivity index (χ1) is 11.2. The molecule has 3 rings (SSSR count). The number of aromatic nitrogens is 2. The largest absolute Gasteiger partial charge is 0.336 e. The van der Waals surface area contributed by atoms with Gasteiger partial charge in [-0.3, -0.25) is 9.48 Å². The molecule has 2 heterocycles. The highest BCUT2D eigenvalue weighted by Gasteiger charge is 2.21. The van der Waals surface area contributed by atoms with Crippen molar-refractivity contribution in [3.8, 4) is 0 Å². The molecule has 1 aromatic carbocycles. The minimum Gasteiger partial charge on any atom is -0.336 e. The smallest absolute Gasteiger partial charge is 0.253 e. The Morgan fingerprint density at radius 1 is 1.17 bits per heavy atom. The summed E-state index contributed by atoms with van der Waals surface area (Å²) >= 11 is 3.39.